The maximum Gasteiger partial charge on any atom is 0.254 e. The van der Waals surface area contributed by atoms with Crippen LogP contribution in [-0.4, -0.2) is 57.9 Å². The lowest BCUT2D eigenvalue weighted by molar-refractivity contribution is -0.130. The Bertz CT molecular complexity index is 957. The van der Waals surface area contributed by atoms with E-state index in [0.29, 0.717) is 38.2 Å². The van der Waals surface area contributed by atoms with Crippen LogP contribution in [0.4, 0.5) is 0 Å². The number of thioether (sulfide) groups is 1. The summed E-state index contributed by atoms with van der Waals surface area (Å²) in [5.74, 6) is 0.0980. The lowest BCUT2D eigenvalue weighted by Gasteiger charge is -2.38. The zero-order valence-corrected chi connectivity index (χ0v) is 20.8. The van der Waals surface area contributed by atoms with Crippen LogP contribution in [0.5, 0.6) is 0 Å². The van der Waals surface area contributed by atoms with E-state index in [1.807, 2.05) is 49.8 Å². The molecule has 0 N–H and O–H groups in total. The molecule has 2 amide bonds. The molecule has 1 unspecified atom stereocenters. The Morgan fingerprint density at radius 1 is 0.969 bits per heavy atom. The van der Waals surface area contributed by atoms with Gasteiger partial charge in [0.2, 0.25) is 5.91 Å². The molecule has 2 aliphatic heterocycles. The van der Waals surface area contributed by atoms with Crippen LogP contribution in [0.1, 0.15) is 58.2 Å². The number of benzene rings is 1. The Kier molecular flexibility index (Phi) is 7.82. The van der Waals surface area contributed by atoms with E-state index >= 15 is 0 Å². The first-order valence-electron chi connectivity index (χ1n) is 11.4. The van der Waals surface area contributed by atoms with Gasteiger partial charge in [-0.1, -0.05) is 41.6 Å². The van der Waals surface area contributed by atoms with Crippen molar-refractivity contribution < 1.29 is 9.59 Å². The van der Waals surface area contributed by atoms with Crippen molar-refractivity contribution in [3.63, 3.8) is 0 Å². The molecule has 32 heavy (non-hydrogen) atoms. The highest BCUT2D eigenvalue weighted by molar-refractivity contribution is 8.16. The number of amidine groups is 1. The van der Waals surface area contributed by atoms with Gasteiger partial charge in [0.25, 0.3) is 5.91 Å². The first kappa shape index (κ1) is 24.1. The van der Waals surface area contributed by atoms with Crippen LogP contribution in [0.3, 0.4) is 0 Å². The van der Waals surface area contributed by atoms with E-state index < -0.39 is 0 Å². The zero-order chi connectivity index (χ0) is 23.4. The van der Waals surface area contributed by atoms with Crippen molar-refractivity contribution in [3.8, 4) is 0 Å². The van der Waals surface area contributed by atoms with E-state index in [0.717, 1.165) is 22.1 Å². The smallest absolute Gasteiger partial charge is 0.254 e. The first-order valence-corrected chi connectivity index (χ1v) is 12.3. The number of carbonyl (C=O) groups excluding carboxylic acids is 2. The Balaban J connectivity index is 2.07. The first-order chi connectivity index (χ1) is 15.4. The minimum Gasteiger partial charge on any atom is -0.343 e. The lowest BCUT2D eigenvalue weighted by Crippen LogP contribution is -2.42. The number of carbonyl (C=O) groups is 2. The third-order valence-corrected chi connectivity index (χ3v) is 7.01. The van der Waals surface area contributed by atoms with Crippen LogP contribution in [0.25, 0.3) is 0 Å². The molecule has 1 aromatic carbocycles. The highest BCUT2D eigenvalue weighted by atomic mass is 32.2. The molecular formula is C25H34N4O2S. The third-order valence-electron chi connectivity index (χ3n) is 6.12. The predicted octanol–water partition coefficient (Wildman–Crippen LogP) is 4.70. The molecule has 172 valence electrons. The van der Waals surface area contributed by atoms with Crippen LogP contribution in [0.2, 0.25) is 0 Å². The number of hydrogen-bond acceptors (Lipinski definition) is 5. The number of nitrogens with zero attached hydrogens (tertiary/aromatic N) is 4. The minimum atomic E-state index is -0.304. The summed E-state index contributed by atoms with van der Waals surface area (Å²) < 4.78 is 0. The van der Waals surface area contributed by atoms with Crippen molar-refractivity contribution >= 4 is 28.7 Å². The molecule has 2 heterocycles. The molecule has 2 aliphatic rings. The van der Waals surface area contributed by atoms with Gasteiger partial charge in [-0.15, -0.1) is 0 Å². The van der Waals surface area contributed by atoms with Gasteiger partial charge in [0.1, 0.15) is 0 Å². The van der Waals surface area contributed by atoms with Gasteiger partial charge in [-0.3, -0.25) is 9.59 Å². The van der Waals surface area contributed by atoms with E-state index in [9.17, 15) is 9.59 Å². The molecule has 0 saturated carbocycles. The molecule has 1 aromatic rings. The predicted molar refractivity (Wildman–Crippen MR) is 132 cm³/mol. The van der Waals surface area contributed by atoms with Gasteiger partial charge in [-0.05, 0) is 52.5 Å². The van der Waals surface area contributed by atoms with Crippen LogP contribution in [0, 0.1) is 6.92 Å². The average molecular weight is 455 g/mol. The standard InChI is InChI=1S/C25H34N4O2S/c1-7-27(8-2)21(30)15-20-16-32-25-26-18(6)22(24(31)28(9-3)10-4)23(29(20)25)19-13-11-17(5)12-14-19/h11-14,16,23H,7-10,15H2,1-6H3. The van der Waals surface area contributed by atoms with Crippen molar-refractivity contribution in [2.24, 2.45) is 4.99 Å². The molecule has 0 spiro atoms. The van der Waals surface area contributed by atoms with Crippen molar-refractivity contribution in [1.82, 2.24) is 14.7 Å². The summed E-state index contributed by atoms with van der Waals surface area (Å²) in [6.45, 7) is 14.6. The van der Waals surface area contributed by atoms with Crippen molar-refractivity contribution in [3.05, 3.63) is 57.8 Å². The van der Waals surface area contributed by atoms with Crippen molar-refractivity contribution in [2.75, 3.05) is 26.2 Å². The van der Waals surface area contributed by atoms with Crippen molar-refractivity contribution in [2.45, 2.75) is 54.0 Å². The fraction of sp³-hybridized carbons (Fsp3) is 0.480. The highest BCUT2D eigenvalue weighted by Crippen LogP contribution is 2.45. The second-order valence-electron chi connectivity index (χ2n) is 8.02. The normalized spacial score (nSPS) is 17.7. The Morgan fingerprint density at radius 3 is 2.12 bits per heavy atom. The van der Waals surface area contributed by atoms with E-state index in [-0.39, 0.29) is 17.9 Å². The number of hydrogen-bond donors (Lipinski definition) is 0. The minimum absolute atomic E-state index is 0.00666. The Labute approximate surface area is 196 Å². The fourth-order valence-electron chi connectivity index (χ4n) is 4.23. The summed E-state index contributed by atoms with van der Waals surface area (Å²) in [6.07, 6.45) is 0.294. The number of likely N-dealkylation sites (N-methyl/N-ethyl adjacent to an activating group) is 1. The summed E-state index contributed by atoms with van der Waals surface area (Å²) in [7, 11) is 0. The van der Waals surface area contributed by atoms with Crippen LogP contribution in [0.15, 0.2) is 51.6 Å². The number of aryl methyl sites for hydroxylation is 1. The lowest BCUT2D eigenvalue weighted by atomic mass is 9.92. The summed E-state index contributed by atoms with van der Waals surface area (Å²) in [5.41, 5.74) is 4.52. The van der Waals surface area contributed by atoms with Crippen LogP contribution < -0.4 is 0 Å². The van der Waals surface area contributed by atoms with Crippen LogP contribution >= 0.6 is 11.8 Å². The second kappa shape index (κ2) is 10.4. The van der Waals surface area contributed by atoms with Gasteiger partial charge in [0.15, 0.2) is 5.17 Å². The molecule has 0 aliphatic carbocycles. The van der Waals surface area contributed by atoms with E-state index in [1.165, 1.54) is 17.3 Å². The molecule has 0 bridgehead atoms. The van der Waals surface area contributed by atoms with E-state index in [4.69, 9.17) is 4.99 Å². The molecule has 0 radical (unpaired) electrons. The number of rotatable bonds is 8. The average Bonchev–Trinajstić information content (AvgIpc) is 3.17. The van der Waals surface area contributed by atoms with Crippen LogP contribution in [-0.2, 0) is 9.59 Å². The summed E-state index contributed by atoms with van der Waals surface area (Å²) in [6, 6.07) is 8.01. The third kappa shape index (κ3) is 4.63. The van der Waals surface area contributed by atoms with E-state index in [2.05, 4.69) is 36.1 Å². The molecular weight excluding hydrogens is 420 g/mol. The number of aliphatic imine (C=N–C) groups is 1. The largest absolute Gasteiger partial charge is 0.343 e. The summed E-state index contributed by atoms with van der Waals surface area (Å²) in [5, 5.41) is 2.84. The quantitative estimate of drug-likeness (QED) is 0.571. The molecule has 1 atom stereocenters. The molecule has 3 rings (SSSR count). The summed E-state index contributed by atoms with van der Waals surface area (Å²) in [4.78, 5) is 37.1. The highest BCUT2D eigenvalue weighted by Gasteiger charge is 2.41. The molecule has 0 saturated heterocycles. The molecule has 7 heteroatoms. The molecule has 0 fully saturated rings. The topological polar surface area (TPSA) is 56.2 Å². The monoisotopic (exact) mass is 454 g/mol. The molecule has 6 nitrogen and oxygen atoms in total. The second-order valence-corrected chi connectivity index (χ2v) is 8.86. The van der Waals surface area contributed by atoms with Gasteiger partial charge in [-0.25, -0.2) is 4.99 Å². The van der Waals surface area contributed by atoms with E-state index in [1.54, 1.807) is 0 Å². The maximum absolute atomic E-state index is 13.6. The van der Waals surface area contributed by atoms with Gasteiger partial charge < -0.3 is 14.7 Å². The fourth-order valence-corrected chi connectivity index (χ4v) is 5.20. The van der Waals surface area contributed by atoms with Gasteiger partial charge in [0.05, 0.1) is 23.7 Å². The van der Waals surface area contributed by atoms with Gasteiger partial charge >= 0.3 is 0 Å². The molecule has 0 aromatic heterocycles. The Hall–Kier alpha value is -2.54. The Morgan fingerprint density at radius 2 is 1.56 bits per heavy atom. The SMILES string of the molecule is CCN(CC)C(=O)CC1=CSC2=NC(C)=C(C(=O)N(CC)CC)C(c3ccc(C)cc3)N12. The zero-order valence-electron chi connectivity index (χ0n) is 20.0. The van der Waals surface area contributed by atoms with Crippen molar-refractivity contribution in [1.29, 1.82) is 0 Å². The van der Waals surface area contributed by atoms with Gasteiger partial charge in [-0.2, -0.15) is 0 Å². The maximum atomic E-state index is 13.6. The number of fused-ring (bicyclic) bond motifs is 1. The number of allylic oxidation sites excluding steroid dienone is 1. The van der Waals surface area contributed by atoms with Gasteiger partial charge in [0, 0.05) is 31.9 Å². The number of amides is 2. The summed E-state index contributed by atoms with van der Waals surface area (Å²) >= 11 is 1.53.